The Kier molecular flexibility index (Phi) is 1.95. The van der Waals surface area contributed by atoms with Crippen LogP contribution < -0.4 is 5.56 Å². The number of H-pyrrole nitrogens is 1. The first-order valence-corrected chi connectivity index (χ1v) is 5.91. The van der Waals surface area contributed by atoms with Crippen molar-refractivity contribution in [3.63, 3.8) is 0 Å². The zero-order chi connectivity index (χ0) is 10.3. The highest BCUT2D eigenvalue weighted by molar-refractivity contribution is 7.08. The Bertz CT molecular complexity index is 526. The molecule has 1 saturated carbocycles. The number of thiophene rings is 1. The van der Waals surface area contributed by atoms with Gasteiger partial charge in [-0.15, -0.1) is 0 Å². The SMILES string of the molecule is O=c1cc(C2CC2)nc(-c2ccsc2)[nH]1. The molecule has 3 nitrogen and oxygen atoms in total. The minimum Gasteiger partial charge on any atom is -0.306 e. The van der Waals surface area contributed by atoms with E-state index >= 15 is 0 Å². The summed E-state index contributed by atoms with van der Waals surface area (Å²) in [7, 11) is 0. The molecule has 2 aromatic rings. The summed E-state index contributed by atoms with van der Waals surface area (Å²) in [4.78, 5) is 18.7. The molecule has 0 amide bonds. The van der Waals surface area contributed by atoms with E-state index in [9.17, 15) is 4.79 Å². The van der Waals surface area contributed by atoms with Gasteiger partial charge in [0.25, 0.3) is 5.56 Å². The second-order valence-corrected chi connectivity index (χ2v) is 4.59. The Hall–Kier alpha value is -1.42. The molecule has 0 radical (unpaired) electrons. The average molecular weight is 218 g/mol. The van der Waals surface area contributed by atoms with E-state index in [0.29, 0.717) is 11.7 Å². The number of rotatable bonds is 2. The third kappa shape index (κ3) is 1.72. The molecule has 2 aromatic heterocycles. The highest BCUT2D eigenvalue weighted by Crippen LogP contribution is 2.38. The molecule has 0 spiro atoms. The summed E-state index contributed by atoms with van der Waals surface area (Å²) in [5.41, 5.74) is 1.90. The van der Waals surface area contributed by atoms with E-state index in [0.717, 1.165) is 11.3 Å². The molecule has 4 heteroatoms. The third-order valence-corrected chi connectivity index (χ3v) is 3.23. The van der Waals surface area contributed by atoms with Crippen LogP contribution in [0.1, 0.15) is 24.5 Å². The molecular formula is C11H10N2OS. The van der Waals surface area contributed by atoms with Crippen LogP contribution >= 0.6 is 11.3 Å². The Balaban J connectivity index is 2.11. The summed E-state index contributed by atoms with van der Waals surface area (Å²) in [5, 5.41) is 3.98. The second kappa shape index (κ2) is 3.31. The molecule has 0 aliphatic heterocycles. The maximum atomic E-state index is 11.4. The molecule has 1 fully saturated rings. The van der Waals surface area contributed by atoms with Crippen molar-refractivity contribution in [1.29, 1.82) is 0 Å². The van der Waals surface area contributed by atoms with E-state index in [2.05, 4.69) is 9.97 Å². The quantitative estimate of drug-likeness (QED) is 0.841. The Labute approximate surface area is 90.8 Å². The zero-order valence-corrected chi connectivity index (χ0v) is 8.88. The molecule has 0 saturated heterocycles. The maximum Gasteiger partial charge on any atom is 0.251 e. The van der Waals surface area contributed by atoms with Gasteiger partial charge in [-0.1, -0.05) is 0 Å². The molecule has 2 heterocycles. The van der Waals surface area contributed by atoms with Gasteiger partial charge in [0.15, 0.2) is 0 Å². The van der Waals surface area contributed by atoms with E-state index in [1.54, 1.807) is 17.4 Å². The maximum absolute atomic E-state index is 11.4. The molecule has 1 aliphatic rings. The molecule has 15 heavy (non-hydrogen) atoms. The highest BCUT2D eigenvalue weighted by atomic mass is 32.1. The lowest BCUT2D eigenvalue weighted by atomic mass is 10.2. The lowest BCUT2D eigenvalue weighted by molar-refractivity contribution is 0.977. The van der Waals surface area contributed by atoms with Crippen molar-refractivity contribution in [2.75, 3.05) is 0 Å². The Morgan fingerprint density at radius 1 is 1.47 bits per heavy atom. The fourth-order valence-electron chi connectivity index (χ4n) is 1.60. The number of aromatic nitrogens is 2. The third-order valence-electron chi connectivity index (χ3n) is 2.55. The molecule has 0 unspecified atom stereocenters. The normalized spacial score (nSPS) is 15.5. The summed E-state index contributed by atoms with van der Waals surface area (Å²) in [6.45, 7) is 0. The summed E-state index contributed by atoms with van der Waals surface area (Å²) in [6.07, 6.45) is 2.33. The Morgan fingerprint density at radius 2 is 2.33 bits per heavy atom. The lowest BCUT2D eigenvalue weighted by Crippen LogP contribution is -2.09. The fraction of sp³-hybridized carbons (Fsp3) is 0.273. The monoisotopic (exact) mass is 218 g/mol. The summed E-state index contributed by atoms with van der Waals surface area (Å²) in [5.74, 6) is 1.22. The largest absolute Gasteiger partial charge is 0.306 e. The van der Waals surface area contributed by atoms with E-state index < -0.39 is 0 Å². The first-order chi connectivity index (χ1) is 7.33. The predicted molar refractivity (Wildman–Crippen MR) is 60.1 cm³/mol. The van der Waals surface area contributed by atoms with Crippen LogP contribution in [0.3, 0.4) is 0 Å². The fourth-order valence-corrected chi connectivity index (χ4v) is 2.24. The lowest BCUT2D eigenvalue weighted by Gasteiger charge is -2.00. The molecule has 76 valence electrons. The van der Waals surface area contributed by atoms with Gasteiger partial charge >= 0.3 is 0 Å². The van der Waals surface area contributed by atoms with Gasteiger partial charge in [0, 0.05) is 22.9 Å². The van der Waals surface area contributed by atoms with Crippen molar-refractivity contribution in [2.24, 2.45) is 0 Å². The number of nitrogens with one attached hydrogen (secondary N) is 1. The van der Waals surface area contributed by atoms with Crippen LogP contribution in [0.4, 0.5) is 0 Å². The molecule has 3 rings (SSSR count). The van der Waals surface area contributed by atoms with E-state index in [1.165, 1.54) is 12.8 Å². The first-order valence-electron chi connectivity index (χ1n) is 4.97. The van der Waals surface area contributed by atoms with Crippen molar-refractivity contribution in [3.8, 4) is 11.4 Å². The standard InChI is InChI=1S/C11H10N2OS/c14-10-5-9(7-1-2-7)12-11(13-10)8-3-4-15-6-8/h3-7H,1-2H2,(H,12,13,14). The number of hydrogen-bond donors (Lipinski definition) is 1. The van der Waals surface area contributed by atoms with Crippen LogP contribution in [0.2, 0.25) is 0 Å². The van der Waals surface area contributed by atoms with E-state index in [1.807, 2.05) is 16.8 Å². The smallest absolute Gasteiger partial charge is 0.251 e. The number of aromatic amines is 1. The van der Waals surface area contributed by atoms with Crippen molar-refractivity contribution < 1.29 is 0 Å². The minimum atomic E-state index is -0.0481. The van der Waals surface area contributed by atoms with Crippen LogP contribution in [0.25, 0.3) is 11.4 Å². The van der Waals surface area contributed by atoms with Gasteiger partial charge in [0.1, 0.15) is 5.82 Å². The average Bonchev–Trinajstić information content (AvgIpc) is 2.93. The van der Waals surface area contributed by atoms with Crippen LogP contribution in [0, 0.1) is 0 Å². The molecular weight excluding hydrogens is 208 g/mol. The second-order valence-electron chi connectivity index (χ2n) is 3.81. The summed E-state index contributed by atoms with van der Waals surface area (Å²) >= 11 is 1.61. The van der Waals surface area contributed by atoms with Crippen molar-refractivity contribution in [1.82, 2.24) is 9.97 Å². The number of hydrogen-bond acceptors (Lipinski definition) is 3. The molecule has 0 aromatic carbocycles. The van der Waals surface area contributed by atoms with E-state index in [4.69, 9.17) is 0 Å². The van der Waals surface area contributed by atoms with E-state index in [-0.39, 0.29) is 5.56 Å². The summed E-state index contributed by atoms with van der Waals surface area (Å²) in [6, 6.07) is 3.59. The van der Waals surface area contributed by atoms with Crippen LogP contribution in [0.5, 0.6) is 0 Å². The van der Waals surface area contributed by atoms with Gasteiger partial charge in [-0.3, -0.25) is 4.79 Å². The zero-order valence-electron chi connectivity index (χ0n) is 8.06. The van der Waals surface area contributed by atoms with Gasteiger partial charge in [0.2, 0.25) is 0 Å². The van der Waals surface area contributed by atoms with Crippen molar-refractivity contribution in [2.45, 2.75) is 18.8 Å². The molecule has 1 aliphatic carbocycles. The first kappa shape index (κ1) is 8.85. The van der Waals surface area contributed by atoms with Gasteiger partial charge in [-0.25, -0.2) is 4.98 Å². The van der Waals surface area contributed by atoms with Crippen molar-refractivity contribution in [3.05, 3.63) is 38.9 Å². The highest BCUT2D eigenvalue weighted by Gasteiger charge is 2.25. The Morgan fingerprint density at radius 3 is 3.00 bits per heavy atom. The minimum absolute atomic E-state index is 0.0481. The predicted octanol–water partition coefficient (Wildman–Crippen LogP) is 2.38. The van der Waals surface area contributed by atoms with Crippen LogP contribution in [0.15, 0.2) is 27.7 Å². The summed E-state index contributed by atoms with van der Waals surface area (Å²) < 4.78 is 0. The molecule has 1 N–H and O–H groups in total. The van der Waals surface area contributed by atoms with Gasteiger partial charge < -0.3 is 4.98 Å². The van der Waals surface area contributed by atoms with Gasteiger partial charge in [0.05, 0.1) is 5.69 Å². The van der Waals surface area contributed by atoms with Crippen LogP contribution in [-0.4, -0.2) is 9.97 Å². The molecule has 0 atom stereocenters. The van der Waals surface area contributed by atoms with Crippen molar-refractivity contribution >= 4 is 11.3 Å². The molecule has 0 bridgehead atoms. The number of nitrogens with zero attached hydrogens (tertiary/aromatic N) is 1. The van der Waals surface area contributed by atoms with Gasteiger partial charge in [-0.05, 0) is 24.3 Å². The van der Waals surface area contributed by atoms with Crippen LogP contribution in [-0.2, 0) is 0 Å². The topological polar surface area (TPSA) is 45.8 Å². The van der Waals surface area contributed by atoms with Gasteiger partial charge in [-0.2, -0.15) is 11.3 Å².